The predicted molar refractivity (Wildman–Crippen MR) is 68.0 cm³/mol. The second kappa shape index (κ2) is 5.10. The van der Waals surface area contributed by atoms with Crippen molar-refractivity contribution in [3.8, 4) is 5.69 Å². The average Bonchev–Trinajstić information content (AvgIpc) is 2.86. The number of pyridine rings is 1. The van der Waals surface area contributed by atoms with Crippen LogP contribution in [0.4, 0.5) is 0 Å². The zero-order chi connectivity index (χ0) is 12.3. The summed E-state index contributed by atoms with van der Waals surface area (Å²) in [5, 5.41) is 0. The van der Waals surface area contributed by atoms with Gasteiger partial charge in [-0.3, -0.25) is 4.98 Å². The Balaban J connectivity index is 2.29. The van der Waals surface area contributed by atoms with Crippen LogP contribution in [-0.4, -0.2) is 14.5 Å². The Hall–Kier alpha value is -1.68. The summed E-state index contributed by atoms with van der Waals surface area (Å²) < 4.78 is 2.05. The zero-order valence-corrected chi connectivity index (χ0v) is 10.3. The van der Waals surface area contributed by atoms with Crippen LogP contribution in [0.2, 0.25) is 0 Å². The molecule has 2 aromatic rings. The number of imidazole rings is 1. The molecular formula is C13H18N4. The normalized spacial score (nSPS) is 12.6. The second-order valence-electron chi connectivity index (χ2n) is 4.02. The number of hydrogen-bond acceptors (Lipinski definition) is 3. The van der Waals surface area contributed by atoms with Crippen LogP contribution in [0.5, 0.6) is 0 Å². The highest BCUT2D eigenvalue weighted by molar-refractivity contribution is 5.32. The lowest BCUT2D eigenvalue weighted by molar-refractivity contribution is 0.674. The lowest BCUT2D eigenvalue weighted by Crippen LogP contribution is -2.11. The molecule has 0 aliphatic heterocycles. The summed E-state index contributed by atoms with van der Waals surface area (Å²) in [7, 11) is 0. The van der Waals surface area contributed by atoms with Crippen LogP contribution >= 0.6 is 0 Å². The maximum atomic E-state index is 5.94. The van der Waals surface area contributed by atoms with E-state index in [1.54, 1.807) is 0 Å². The Kier molecular flexibility index (Phi) is 3.54. The van der Waals surface area contributed by atoms with Gasteiger partial charge in [0.15, 0.2) is 0 Å². The smallest absolute Gasteiger partial charge is 0.112 e. The number of aromatic nitrogens is 3. The molecule has 0 spiro atoms. The quantitative estimate of drug-likeness (QED) is 0.876. The number of rotatable bonds is 4. The largest absolute Gasteiger partial charge is 0.323 e. The fourth-order valence-corrected chi connectivity index (χ4v) is 1.80. The Morgan fingerprint density at radius 3 is 2.71 bits per heavy atom. The monoisotopic (exact) mass is 230 g/mol. The van der Waals surface area contributed by atoms with Crippen molar-refractivity contribution in [2.45, 2.75) is 32.7 Å². The van der Waals surface area contributed by atoms with Gasteiger partial charge in [-0.05, 0) is 18.6 Å². The SMILES string of the molecule is CCc1nccn1-c1ccc([C@@H](N)CC)nc1. The molecule has 0 aromatic carbocycles. The summed E-state index contributed by atoms with van der Waals surface area (Å²) in [6.07, 6.45) is 7.42. The van der Waals surface area contributed by atoms with Crippen LogP contribution < -0.4 is 5.73 Å². The summed E-state index contributed by atoms with van der Waals surface area (Å²) >= 11 is 0. The molecule has 0 aliphatic rings. The lowest BCUT2D eigenvalue weighted by atomic mass is 10.1. The van der Waals surface area contributed by atoms with Crippen LogP contribution in [0.3, 0.4) is 0 Å². The number of hydrogen-bond donors (Lipinski definition) is 1. The number of nitrogens with two attached hydrogens (primary N) is 1. The highest BCUT2D eigenvalue weighted by Crippen LogP contribution is 2.14. The Bertz CT molecular complexity index is 472. The van der Waals surface area contributed by atoms with E-state index in [4.69, 9.17) is 5.73 Å². The van der Waals surface area contributed by atoms with Gasteiger partial charge in [-0.2, -0.15) is 0 Å². The summed E-state index contributed by atoms with van der Waals surface area (Å²) in [4.78, 5) is 8.70. The maximum absolute atomic E-state index is 5.94. The van der Waals surface area contributed by atoms with E-state index in [-0.39, 0.29) is 6.04 Å². The van der Waals surface area contributed by atoms with Crippen LogP contribution in [-0.2, 0) is 6.42 Å². The first-order chi connectivity index (χ1) is 8.26. The highest BCUT2D eigenvalue weighted by Gasteiger charge is 2.06. The van der Waals surface area contributed by atoms with Gasteiger partial charge in [0, 0.05) is 24.9 Å². The molecule has 0 amide bonds. The maximum Gasteiger partial charge on any atom is 0.112 e. The Morgan fingerprint density at radius 1 is 1.29 bits per heavy atom. The van der Waals surface area contributed by atoms with Crippen molar-refractivity contribution in [3.05, 3.63) is 42.2 Å². The molecule has 0 radical (unpaired) electrons. The van der Waals surface area contributed by atoms with Crippen LogP contribution in [0, 0.1) is 0 Å². The fourth-order valence-electron chi connectivity index (χ4n) is 1.80. The third-order valence-electron chi connectivity index (χ3n) is 2.90. The van der Waals surface area contributed by atoms with Gasteiger partial charge < -0.3 is 10.3 Å². The molecule has 0 aliphatic carbocycles. The standard InChI is InChI=1S/C13H18N4/c1-3-11(14)12-6-5-10(9-16-12)17-8-7-15-13(17)4-2/h5-9,11H,3-4,14H2,1-2H3/t11-/m0/s1. The van der Waals surface area contributed by atoms with E-state index in [9.17, 15) is 0 Å². The van der Waals surface area contributed by atoms with Crippen molar-refractivity contribution < 1.29 is 0 Å². The first kappa shape index (κ1) is 11.8. The molecular weight excluding hydrogens is 212 g/mol. The lowest BCUT2D eigenvalue weighted by Gasteiger charge is -2.10. The Labute approximate surface area is 102 Å². The van der Waals surface area contributed by atoms with Gasteiger partial charge in [0.25, 0.3) is 0 Å². The van der Waals surface area contributed by atoms with E-state index in [1.807, 2.05) is 35.3 Å². The topological polar surface area (TPSA) is 56.7 Å². The van der Waals surface area contributed by atoms with E-state index >= 15 is 0 Å². The summed E-state index contributed by atoms with van der Waals surface area (Å²) in [5.41, 5.74) is 7.91. The van der Waals surface area contributed by atoms with E-state index in [1.165, 1.54) is 0 Å². The van der Waals surface area contributed by atoms with Crippen LogP contribution in [0.25, 0.3) is 5.69 Å². The fraction of sp³-hybridized carbons (Fsp3) is 0.385. The Morgan fingerprint density at radius 2 is 2.12 bits per heavy atom. The molecule has 2 heterocycles. The van der Waals surface area contributed by atoms with Gasteiger partial charge in [-0.15, -0.1) is 0 Å². The van der Waals surface area contributed by atoms with E-state index in [2.05, 4.69) is 23.8 Å². The summed E-state index contributed by atoms with van der Waals surface area (Å²) in [5.74, 6) is 1.04. The van der Waals surface area contributed by atoms with Crippen molar-refractivity contribution in [1.29, 1.82) is 0 Å². The molecule has 90 valence electrons. The van der Waals surface area contributed by atoms with Gasteiger partial charge in [-0.25, -0.2) is 4.98 Å². The van der Waals surface area contributed by atoms with Crippen molar-refractivity contribution >= 4 is 0 Å². The van der Waals surface area contributed by atoms with Gasteiger partial charge in [0.05, 0.1) is 17.6 Å². The molecule has 0 saturated carbocycles. The molecule has 0 unspecified atom stereocenters. The summed E-state index contributed by atoms with van der Waals surface area (Å²) in [6.45, 7) is 4.15. The molecule has 2 aromatic heterocycles. The minimum atomic E-state index is 0.0254. The first-order valence-electron chi connectivity index (χ1n) is 6.00. The molecule has 4 heteroatoms. The average molecular weight is 230 g/mol. The number of aryl methyl sites for hydroxylation is 1. The van der Waals surface area contributed by atoms with Gasteiger partial charge >= 0.3 is 0 Å². The molecule has 0 saturated heterocycles. The highest BCUT2D eigenvalue weighted by atomic mass is 15.1. The first-order valence-corrected chi connectivity index (χ1v) is 6.00. The van der Waals surface area contributed by atoms with Crippen molar-refractivity contribution in [3.63, 3.8) is 0 Å². The summed E-state index contributed by atoms with van der Waals surface area (Å²) in [6, 6.07) is 4.05. The van der Waals surface area contributed by atoms with Crippen molar-refractivity contribution in [1.82, 2.24) is 14.5 Å². The zero-order valence-electron chi connectivity index (χ0n) is 10.3. The molecule has 2 rings (SSSR count). The second-order valence-corrected chi connectivity index (χ2v) is 4.02. The predicted octanol–water partition coefficient (Wildman–Crippen LogP) is 2.24. The molecule has 2 N–H and O–H groups in total. The third-order valence-corrected chi connectivity index (χ3v) is 2.90. The van der Waals surface area contributed by atoms with E-state index in [0.717, 1.165) is 30.0 Å². The van der Waals surface area contributed by atoms with Gasteiger partial charge in [0.2, 0.25) is 0 Å². The number of nitrogens with zero attached hydrogens (tertiary/aromatic N) is 3. The van der Waals surface area contributed by atoms with Gasteiger partial charge in [0.1, 0.15) is 5.82 Å². The minimum Gasteiger partial charge on any atom is -0.323 e. The molecule has 17 heavy (non-hydrogen) atoms. The van der Waals surface area contributed by atoms with Crippen LogP contribution in [0.1, 0.15) is 37.8 Å². The molecule has 1 atom stereocenters. The van der Waals surface area contributed by atoms with E-state index in [0.29, 0.717) is 0 Å². The molecule has 0 fully saturated rings. The van der Waals surface area contributed by atoms with Gasteiger partial charge in [-0.1, -0.05) is 13.8 Å². The van der Waals surface area contributed by atoms with Crippen molar-refractivity contribution in [2.24, 2.45) is 5.73 Å². The molecule has 4 nitrogen and oxygen atoms in total. The van der Waals surface area contributed by atoms with Crippen LogP contribution in [0.15, 0.2) is 30.7 Å². The van der Waals surface area contributed by atoms with Crippen molar-refractivity contribution in [2.75, 3.05) is 0 Å². The minimum absolute atomic E-state index is 0.0254. The molecule has 0 bridgehead atoms. The van der Waals surface area contributed by atoms with E-state index < -0.39 is 0 Å². The third kappa shape index (κ3) is 2.36.